The minimum Gasteiger partial charge on any atom is -0.363 e. The summed E-state index contributed by atoms with van der Waals surface area (Å²) in [6, 6.07) is 3.32. The molecule has 2 rings (SSSR count). The number of carbonyl (C=O) groups excluding carboxylic acids is 1. The molecule has 0 saturated carbocycles. The van der Waals surface area contributed by atoms with Gasteiger partial charge in [0.05, 0.1) is 13.1 Å². The lowest BCUT2D eigenvalue weighted by molar-refractivity contribution is 0.102. The monoisotopic (exact) mass is 350 g/mol. The van der Waals surface area contributed by atoms with Gasteiger partial charge in [-0.25, -0.2) is 0 Å². The molecule has 0 unspecified atom stereocenters. The van der Waals surface area contributed by atoms with Gasteiger partial charge < -0.3 is 9.84 Å². The van der Waals surface area contributed by atoms with E-state index in [9.17, 15) is 4.79 Å². The third kappa shape index (κ3) is 2.47. The molecule has 2 aromatic rings. The van der Waals surface area contributed by atoms with E-state index in [-0.39, 0.29) is 5.91 Å². The van der Waals surface area contributed by atoms with Crippen LogP contribution in [-0.4, -0.2) is 11.1 Å². The Kier molecular flexibility index (Phi) is 3.22. The van der Waals surface area contributed by atoms with Crippen LogP contribution in [0, 0.1) is 0 Å². The third-order valence-corrected chi connectivity index (χ3v) is 3.92. The predicted octanol–water partition coefficient (Wildman–Crippen LogP) is 3.51. The van der Waals surface area contributed by atoms with E-state index in [2.05, 4.69) is 46.9 Å². The van der Waals surface area contributed by atoms with Gasteiger partial charge in [0.15, 0.2) is 5.82 Å². The fourth-order valence-corrected chi connectivity index (χ4v) is 3.75. The van der Waals surface area contributed by atoms with E-state index in [0.717, 1.165) is 7.57 Å². The van der Waals surface area contributed by atoms with Crippen molar-refractivity contribution in [1.29, 1.82) is 0 Å². The molecule has 2 heterocycles. The van der Waals surface area contributed by atoms with E-state index >= 15 is 0 Å². The molecular formula is C8H4Br2N2O2S. The van der Waals surface area contributed by atoms with Gasteiger partial charge in [-0.1, -0.05) is 5.16 Å². The van der Waals surface area contributed by atoms with E-state index < -0.39 is 0 Å². The van der Waals surface area contributed by atoms with E-state index in [4.69, 9.17) is 0 Å². The number of anilines is 1. The summed E-state index contributed by atoms with van der Waals surface area (Å²) in [5.41, 5.74) is 0.565. The molecule has 78 valence electrons. The summed E-state index contributed by atoms with van der Waals surface area (Å²) in [6.07, 6.45) is 1.40. The molecule has 7 heteroatoms. The van der Waals surface area contributed by atoms with Gasteiger partial charge in [0.25, 0.3) is 5.91 Å². The fourth-order valence-electron chi connectivity index (χ4n) is 0.956. The smallest absolute Gasteiger partial charge is 0.258 e. The third-order valence-electron chi connectivity index (χ3n) is 1.58. The quantitative estimate of drug-likeness (QED) is 0.900. The number of nitrogens with zero attached hydrogens (tertiary/aromatic N) is 1. The minimum atomic E-state index is -0.224. The Balaban J connectivity index is 2.18. The molecule has 4 nitrogen and oxygen atoms in total. The van der Waals surface area contributed by atoms with E-state index in [1.807, 2.05) is 0 Å². The van der Waals surface area contributed by atoms with Gasteiger partial charge in [-0.3, -0.25) is 4.79 Å². The highest BCUT2D eigenvalue weighted by Gasteiger charge is 2.14. The Hall–Kier alpha value is -0.660. The van der Waals surface area contributed by atoms with Gasteiger partial charge in [-0.15, -0.1) is 11.3 Å². The lowest BCUT2D eigenvalue weighted by Crippen LogP contribution is -2.11. The van der Waals surface area contributed by atoms with Crippen LogP contribution in [0.15, 0.2) is 30.5 Å². The molecule has 0 bridgehead atoms. The average Bonchev–Trinajstić information content (AvgIpc) is 2.75. The highest BCUT2D eigenvalue weighted by molar-refractivity contribution is 9.12. The summed E-state index contributed by atoms with van der Waals surface area (Å²) in [7, 11) is 0. The molecule has 1 amide bonds. The first-order valence-corrected chi connectivity index (χ1v) is 6.23. The molecule has 0 fully saturated rings. The molecule has 0 aliphatic heterocycles. The molecule has 2 aromatic heterocycles. The molecule has 0 aliphatic carbocycles. The highest BCUT2D eigenvalue weighted by Crippen LogP contribution is 2.32. The number of aromatic nitrogens is 1. The summed E-state index contributed by atoms with van der Waals surface area (Å²) < 4.78 is 6.27. The van der Waals surface area contributed by atoms with Crippen LogP contribution >= 0.6 is 43.2 Å². The van der Waals surface area contributed by atoms with Crippen molar-refractivity contribution in [2.45, 2.75) is 0 Å². The number of hydrogen-bond acceptors (Lipinski definition) is 4. The van der Waals surface area contributed by atoms with E-state index in [1.165, 1.54) is 17.6 Å². The van der Waals surface area contributed by atoms with Crippen LogP contribution in [0.1, 0.15) is 10.4 Å². The fraction of sp³-hybridized carbons (Fsp3) is 0. The van der Waals surface area contributed by atoms with Crippen LogP contribution in [0.5, 0.6) is 0 Å². The van der Waals surface area contributed by atoms with E-state index in [1.54, 1.807) is 12.1 Å². The number of nitrogens with one attached hydrogen (secondary N) is 1. The van der Waals surface area contributed by atoms with Crippen LogP contribution in [0.25, 0.3) is 0 Å². The number of rotatable bonds is 2. The Morgan fingerprint density at radius 3 is 2.87 bits per heavy atom. The van der Waals surface area contributed by atoms with Crippen LogP contribution in [0.4, 0.5) is 5.82 Å². The molecule has 15 heavy (non-hydrogen) atoms. The summed E-state index contributed by atoms with van der Waals surface area (Å²) in [6.45, 7) is 0. The second kappa shape index (κ2) is 4.46. The van der Waals surface area contributed by atoms with Crippen molar-refractivity contribution in [3.8, 4) is 0 Å². The van der Waals surface area contributed by atoms with Gasteiger partial charge in [0, 0.05) is 6.07 Å². The second-order valence-corrected chi connectivity index (χ2v) is 6.33. The summed E-state index contributed by atoms with van der Waals surface area (Å²) in [4.78, 5) is 11.7. The van der Waals surface area contributed by atoms with Crippen molar-refractivity contribution in [3.63, 3.8) is 0 Å². The molecule has 0 aromatic carbocycles. The molecule has 0 saturated heterocycles. The molecule has 0 radical (unpaired) electrons. The summed E-state index contributed by atoms with van der Waals surface area (Å²) >= 11 is 8.05. The van der Waals surface area contributed by atoms with Gasteiger partial charge in [-0.05, 0) is 37.9 Å². The molecule has 0 spiro atoms. The van der Waals surface area contributed by atoms with Crippen molar-refractivity contribution in [1.82, 2.24) is 5.16 Å². The standard InChI is InChI=1S/C8H4Br2N2O2S/c9-5-3-4(7(10)15-5)8(13)11-6-1-2-14-12-6/h1-3H,(H,11,12,13). The van der Waals surface area contributed by atoms with Gasteiger partial charge >= 0.3 is 0 Å². The first-order chi connectivity index (χ1) is 7.16. The summed E-state index contributed by atoms with van der Waals surface area (Å²) in [5.74, 6) is 0.173. The van der Waals surface area contributed by atoms with Gasteiger partial charge in [0.2, 0.25) is 0 Å². The number of halogens is 2. The molecule has 0 atom stereocenters. The zero-order valence-electron chi connectivity index (χ0n) is 7.16. The van der Waals surface area contributed by atoms with Crippen molar-refractivity contribution in [2.75, 3.05) is 5.32 Å². The van der Waals surface area contributed by atoms with Gasteiger partial charge in [0.1, 0.15) is 6.26 Å². The number of thiophene rings is 1. The lowest BCUT2D eigenvalue weighted by atomic mass is 10.3. The first kappa shape index (κ1) is 10.8. The van der Waals surface area contributed by atoms with E-state index in [0.29, 0.717) is 11.4 Å². The van der Waals surface area contributed by atoms with Crippen LogP contribution in [-0.2, 0) is 0 Å². The number of carbonyl (C=O) groups is 1. The summed E-state index contributed by atoms with van der Waals surface area (Å²) in [5, 5.41) is 6.19. The van der Waals surface area contributed by atoms with Crippen molar-refractivity contribution < 1.29 is 9.32 Å². The normalized spacial score (nSPS) is 10.3. The SMILES string of the molecule is O=C(Nc1ccon1)c1cc(Br)sc1Br. The number of hydrogen-bond donors (Lipinski definition) is 1. The zero-order valence-corrected chi connectivity index (χ0v) is 11.1. The Labute approximate surface area is 106 Å². The highest BCUT2D eigenvalue weighted by atomic mass is 79.9. The van der Waals surface area contributed by atoms with Crippen molar-refractivity contribution in [3.05, 3.63) is 31.5 Å². The predicted molar refractivity (Wildman–Crippen MR) is 64.2 cm³/mol. The molecular weight excluding hydrogens is 348 g/mol. The molecule has 1 N–H and O–H groups in total. The Bertz CT molecular complexity index is 481. The van der Waals surface area contributed by atoms with Crippen LogP contribution < -0.4 is 5.32 Å². The number of amides is 1. The Morgan fingerprint density at radius 1 is 1.53 bits per heavy atom. The Morgan fingerprint density at radius 2 is 2.33 bits per heavy atom. The maximum absolute atomic E-state index is 11.7. The van der Waals surface area contributed by atoms with Crippen LogP contribution in [0.3, 0.4) is 0 Å². The maximum Gasteiger partial charge on any atom is 0.258 e. The maximum atomic E-state index is 11.7. The second-order valence-electron chi connectivity index (χ2n) is 2.58. The average molecular weight is 352 g/mol. The first-order valence-electron chi connectivity index (χ1n) is 3.83. The van der Waals surface area contributed by atoms with Crippen LogP contribution in [0.2, 0.25) is 0 Å². The van der Waals surface area contributed by atoms with Gasteiger partial charge in [-0.2, -0.15) is 0 Å². The lowest BCUT2D eigenvalue weighted by Gasteiger charge is -1.98. The van der Waals surface area contributed by atoms with Crippen molar-refractivity contribution >= 4 is 54.9 Å². The minimum absolute atomic E-state index is 0.224. The zero-order chi connectivity index (χ0) is 10.8. The largest absolute Gasteiger partial charge is 0.363 e. The topological polar surface area (TPSA) is 55.1 Å². The molecule has 0 aliphatic rings. The van der Waals surface area contributed by atoms with Crippen molar-refractivity contribution in [2.24, 2.45) is 0 Å².